The van der Waals surface area contributed by atoms with Gasteiger partial charge in [0.2, 0.25) is 11.4 Å². The fourth-order valence-electron chi connectivity index (χ4n) is 14.0. The van der Waals surface area contributed by atoms with Gasteiger partial charge in [-0.25, -0.2) is 26.1 Å². The number of carboxylic acids is 1. The zero-order chi connectivity index (χ0) is 93.8. The number of para-hydroxylation sites is 1. The van der Waals surface area contributed by atoms with Crippen LogP contribution in [0.25, 0.3) is 108 Å². The topological polar surface area (TPSA) is 259 Å². The summed E-state index contributed by atoms with van der Waals surface area (Å²) in [6, 6.07) is 70.0. The van der Waals surface area contributed by atoms with Gasteiger partial charge in [-0.1, -0.05) is 180 Å². The molecule has 2 aliphatic heterocycles. The van der Waals surface area contributed by atoms with E-state index >= 15 is 0 Å². The number of hydrogen-bond acceptors (Lipinski definition) is 15. The molecule has 4 N–H and O–H groups in total. The molecule has 0 fully saturated rings. The number of aliphatic hydroxyl groups excluding tert-OH is 3. The van der Waals surface area contributed by atoms with Gasteiger partial charge in [0, 0.05) is 173 Å². The molecule has 4 radical (unpaired) electrons. The van der Waals surface area contributed by atoms with E-state index < -0.39 is 29.2 Å². The Labute approximate surface area is 857 Å². The van der Waals surface area contributed by atoms with E-state index in [9.17, 15) is 36.7 Å². The summed E-state index contributed by atoms with van der Waals surface area (Å²) in [5, 5.41) is 35.6. The Morgan fingerprint density at radius 2 is 0.791 bits per heavy atom. The smallest absolute Gasteiger partial charge is 0.657 e. The molecule has 14 aromatic rings. The summed E-state index contributed by atoms with van der Waals surface area (Å²) in [5.41, 5.74) is 24.5. The van der Waals surface area contributed by atoms with Crippen molar-refractivity contribution in [2.24, 2.45) is 7.05 Å². The van der Waals surface area contributed by atoms with Gasteiger partial charge < -0.3 is 45.3 Å². The van der Waals surface area contributed by atoms with Crippen LogP contribution in [0, 0.1) is 47.5 Å². The second-order valence-corrected chi connectivity index (χ2v) is 31.0. The molecular weight excluding hydrogens is 2630 g/mol. The molecule has 0 saturated carbocycles. The number of carboxylic acid groups (broad SMARTS) is 1. The number of aromatic nitrogens is 9. The molecule has 28 heteroatoms. The van der Waals surface area contributed by atoms with Crippen molar-refractivity contribution < 1.29 is 163 Å². The summed E-state index contributed by atoms with van der Waals surface area (Å²) in [7, 11) is 2.22. The van der Waals surface area contributed by atoms with E-state index in [1.54, 1.807) is 83.6 Å². The number of pyridine rings is 4. The number of aromatic carboxylic acids is 1. The van der Waals surface area contributed by atoms with E-state index in [-0.39, 0.29) is 153 Å². The number of aryl methyl sites for hydroxylation is 4. The molecule has 0 aliphatic carbocycles. The molecule has 16 rings (SSSR count). The second-order valence-electron chi connectivity index (χ2n) is 29.0. The normalized spacial score (nSPS) is 11.1. The summed E-state index contributed by atoms with van der Waals surface area (Å²) in [6.07, 6.45) is 17.6. The number of fused-ring (bicyclic) bond motifs is 10. The molecule has 5 aromatic carbocycles. The Hall–Kier alpha value is -10.7. The van der Waals surface area contributed by atoms with Gasteiger partial charge in [-0.05, 0) is 180 Å². The van der Waals surface area contributed by atoms with Gasteiger partial charge >= 0.3 is 27.0 Å². The average molecular weight is 2740 g/mol. The molecule has 710 valence electrons. The third kappa shape index (κ3) is 34.6. The number of allylic oxidation sites excluding steroid dienone is 10. The third-order valence-electron chi connectivity index (χ3n) is 19.5. The van der Waals surface area contributed by atoms with Gasteiger partial charge in [-0.15, -0.1) is 106 Å². The number of ketones is 3. The molecule has 134 heavy (non-hydrogen) atoms. The molecular formula is C106H104F4Ir4N9O8PtS2-3. The van der Waals surface area contributed by atoms with Crippen LogP contribution in [0.3, 0.4) is 0 Å². The predicted molar refractivity (Wildman–Crippen MR) is 512 cm³/mol. The van der Waals surface area contributed by atoms with Crippen molar-refractivity contribution in [2.45, 2.75) is 148 Å². The van der Waals surface area contributed by atoms with Gasteiger partial charge in [-0.3, -0.25) is 36.9 Å². The van der Waals surface area contributed by atoms with E-state index in [1.807, 2.05) is 72.9 Å². The van der Waals surface area contributed by atoms with Crippen molar-refractivity contribution in [1.29, 1.82) is 0 Å². The fourth-order valence-corrected chi connectivity index (χ4v) is 16.0. The quantitative estimate of drug-likeness (QED) is 0.0230. The van der Waals surface area contributed by atoms with Gasteiger partial charge in [0.05, 0.1) is 34.2 Å². The minimum Gasteiger partial charge on any atom is -0.657 e. The maximum Gasteiger partial charge on any atom is 2.00 e. The maximum absolute atomic E-state index is 13.2. The van der Waals surface area contributed by atoms with Crippen LogP contribution >= 0.6 is 22.7 Å². The molecule has 9 aromatic heterocycles. The van der Waals surface area contributed by atoms with Crippen LogP contribution in [0.5, 0.6) is 0 Å². The van der Waals surface area contributed by atoms with E-state index in [0.29, 0.717) is 11.4 Å². The molecule has 0 atom stereocenters. The third-order valence-corrected chi connectivity index (χ3v) is 21.6. The number of carbonyl (C=O) groups excluding carboxylic acids is 3. The van der Waals surface area contributed by atoms with Crippen LogP contribution in [0.4, 0.5) is 17.6 Å². The standard InChI is InChI=1S/C37H47N4.2C13H8NS.2C11H6F2N.C6H5NO2.3C5H8O2.4Ir.Pt/c1-10-22-23(11-2)31-19-33-25(13-4)27(15-6)35(40-33)21-37-29(17-8)28(16-7)36(41(37)9)20-34-26(14-5)24(12-3)32(39-34)18-30(22)38-31;1-2-7-12-10(5-1)9-13(15-12)11-6-3-4-8-14-11;1-2-6-10(7-3-1)13-14-11-8-4-5-9-12(11)15-13;2*12-8-4-5-9(10(13)7-8)11-3-1-2-6-14-11;8-6(9)5-3-1-2-4-7-5;3*1-4(6)3-5(2)7;;;;;/h18-21H,10-17H2,1-9H3;1-8H;1-6,8-9H;2*1-4,6-7H;1-4H,(H,8,9);3*3,6H,1-2H3;;;;;/q5*-1;;;;;;;;;+2. The maximum atomic E-state index is 13.2. The summed E-state index contributed by atoms with van der Waals surface area (Å²) < 4.78 is 56.5. The minimum absolute atomic E-state index is 0. The first-order valence-corrected chi connectivity index (χ1v) is 43.7. The Morgan fingerprint density at radius 1 is 0.410 bits per heavy atom. The fraction of sp³-hybridized carbons (Fsp3) is 0.217. The molecule has 11 heterocycles. The molecule has 2 aliphatic rings. The van der Waals surface area contributed by atoms with Crippen molar-refractivity contribution in [1.82, 2.24) is 39.9 Å². The summed E-state index contributed by atoms with van der Waals surface area (Å²) in [4.78, 5) is 77.6. The number of hydrogen-bond donors (Lipinski definition) is 4. The number of thiazole rings is 1. The summed E-state index contributed by atoms with van der Waals surface area (Å²) in [5.74, 6) is -3.75. The monoisotopic (exact) mass is 2740 g/mol. The molecule has 0 saturated heterocycles. The number of nitrogens with zero attached hydrogens (tertiary/aromatic N) is 9. The van der Waals surface area contributed by atoms with Gasteiger partial charge in [0.25, 0.3) is 0 Å². The van der Waals surface area contributed by atoms with Crippen molar-refractivity contribution in [3.8, 4) is 43.7 Å². The molecule has 0 unspecified atom stereocenters. The van der Waals surface area contributed by atoms with Crippen LogP contribution in [-0.4, -0.2) is 73.6 Å². The molecule has 17 nitrogen and oxygen atoms in total. The van der Waals surface area contributed by atoms with E-state index in [4.69, 9.17) is 35.4 Å². The van der Waals surface area contributed by atoms with Crippen LogP contribution < -0.4 is 14.5 Å². The van der Waals surface area contributed by atoms with E-state index in [2.05, 4.69) is 165 Å². The number of carbonyl (C=O) groups is 4. The average Bonchev–Trinajstić information content (AvgIpc) is 1.60. The number of halogens is 4. The largest absolute Gasteiger partial charge is 2.00 e. The van der Waals surface area contributed by atoms with Gasteiger partial charge in [-0.2, -0.15) is 15.9 Å². The van der Waals surface area contributed by atoms with Crippen molar-refractivity contribution >= 4 is 111 Å². The van der Waals surface area contributed by atoms with E-state index in [0.717, 1.165) is 136 Å². The van der Waals surface area contributed by atoms with Crippen molar-refractivity contribution in [3.05, 3.63) is 353 Å². The zero-order valence-corrected chi connectivity index (χ0v) is 90.1. The minimum atomic E-state index is -0.990. The second kappa shape index (κ2) is 59.9. The van der Waals surface area contributed by atoms with Crippen LogP contribution in [0.2, 0.25) is 0 Å². The molecule has 0 spiro atoms. The first kappa shape index (κ1) is 117. The number of thiophene rings is 1. The van der Waals surface area contributed by atoms with Crippen LogP contribution in [-0.2, 0) is 149 Å². The Balaban J connectivity index is 0.000000419. The number of benzene rings is 5. The SMILES string of the molecule is CC(=O)C=C(C)O.CC(=O)C=C(C)O.CC(=O)C=C(C)O.CCC1=C(CC)c2cc3[n-]c(cc4[n+](C)c(cc5[n-]c(cc1n2)c(CC)c5CC)C(CC)=C4CC)c(CC)c3CC.Fc1c[c-]c(-c2ccccn2)c(F)c1.Fc1c[c-]c(-c2ccccn2)c(F)c1.O=C(O)c1ccccn1.[Ir].[Ir].[Ir].[Ir].[Pt+2].[c-]1c(-c2ccccn2)sc2ccccc12.[c-]1ccccc1-c1nc2ccccc2s1. The predicted octanol–water partition coefficient (Wildman–Crippen LogP) is 25.8. The zero-order valence-electron chi connectivity index (χ0n) is 76.6. The Kier molecular flexibility index (Phi) is 52.5. The molecule has 8 bridgehead atoms. The van der Waals surface area contributed by atoms with Crippen molar-refractivity contribution in [3.63, 3.8) is 0 Å². The van der Waals surface area contributed by atoms with Gasteiger partial charge in [0.1, 0.15) is 12.7 Å². The first-order valence-electron chi connectivity index (χ1n) is 42.1. The Morgan fingerprint density at radius 3 is 1.12 bits per heavy atom. The molecule has 0 amide bonds. The van der Waals surface area contributed by atoms with Gasteiger partial charge in [0.15, 0.2) is 17.3 Å². The van der Waals surface area contributed by atoms with E-state index in [1.165, 1.54) is 143 Å². The Bertz CT molecular complexity index is 6080. The first-order chi connectivity index (χ1) is 62.0. The van der Waals surface area contributed by atoms with Crippen molar-refractivity contribution in [2.75, 3.05) is 0 Å². The summed E-state index contributed by atoms with van der Waals surface area (Å²) in [6.45, 7) is 26.7. The number of aliphatic hydroxyl groups is 3. The van der Waals surface area contributed by atoms with Crippen LogP contribution in [0.15, 0.2) is 254 Å². The number of rotatable bonds is 16. The van der Waals surface area contributed by atoms with Crippen LogP contribution in [0.1, 0.15) is 178 Å². The summed E-state index contributed by atoms with van der Waals surface area (Å²) >= 11 is 3.44.